The predicted molar refractivity (Wildman–Crippen MR) is 87.8 cm³/mol. The van der Waals surface area contributed by atoms with E-state index in [-0.39, 0.29) is 11.9 Å². The second kappa shape index (κ2) is 6.67. The lowest BCUT2D eigenvalue weighted by atomic mass is 10.2. The number of halogens is 1. The van der Waals surface area contributed by atoms with Crippen molar-refractivity contribution in [3.8, 4) is 6.07 Å². The average molecular weight is 327 g/mol. The molecule has 0 spiro atoms. The molecule has 5 nitrogen and oxygen atoms in total. The van der Waals surface area contributed by atoms with Gasteiger partial charge in [-0.1, -0.05) is 35.9 Å². The summed E-state index contributed by atoms with van der Waals surface area (Å²) < 4.78 is 0. The summed E-state index contributed by atoms with van der Waals surface area (Å²) in [6, 6.07) is 14.7. The van der Waals surface area contributed by atoms with Crippen LogP contribution in [0.2, 0.25) is 5.02 Å². The van der Waals surface area contributed by atoms with Gasteiger partial charge in [0.25, 0.3) is 0 Å². The highest BCUT2D eigenvalue weighted by molar-refractivity contribution is 6.31. The van der Waals surface area contributed by atoms with E-state index in [1.165, 1.54) is 0 Å². The molecule has 1 aromatic carbocycles. The number of hydrogen-bond acceptors (Lipinski definition) is 4. The monoisotopic (exact) mass is 326 g/mol. The highest BCUT2D eigenvalue weighted by atomic mass is 35.5. The van der Waals surface area contributed by atoms with Crippen LogP contribution in [0.3, 0.4) is 0 Å². The number of hydrogen-bond donors (Lipinski definition) is 1. The van der Waals surface area contributed by atoms with Gasteiger partial charge in [-0.15, -0.1) is 0 Å². The van der Waals surface area contributed by atoms with Gasteiger partial charge in [0.1, 0.15) is 17.6 Å². The molecule has 116 valence electrons. The fraction of sp³-hybridized carbons (Fsp3) is 0.235. The van der Waals surface area contributed by atoms with Gasteiger partial charge in [-0.2, -0.15) is 5.26 Å². The standard InChI is InChI=1S/C17H15ClN4O/c18-15-6-2-1-4-12(15)10-22-11-14(8-17(22)23)21-16-7-3-5-13(9-19)20-16/h1-7,14H,8,10-11H2,(H,20,21)/t14-/m1/s1. The maximum atomic E-state index is 12.2. The molecule has 2 heterocycles. The zero-order valence-corrected chi connectivity index (χ0v) is 13.1. The van der Waals surface area contributed by atoms with Crippen LogP contribution in [-0.2, 0) is 11.3 Å². The number of pyridine rings is 1. The van der Waals surface area contributed by atoms with Crippen LogP contribution in [0.4, 0.5) is 5.82 Å². The lowest BCUT2D eigenvalue weighted by molar-refractivity contribution is -0.128. The van der Waals surface area contributed by atoms with Crippen molar-refractivity contribution in [1.29, 1.82) is 5.26 Å². The van der Waals surface area contributed by atoms with Crippen LogP contribution in [0.15, 0.2) is 42.5 Å². The summed E-state index contributed by atoms with van der Waals surface area (Å²) in [5.41, 5.74) is 1.29. The Kier molecular flexibility index (Phi) is 4.45. The first-order chi connectivity index (χ1) is 11.2. The van der Waals surface area contributed by atoms with Gasteiger partial charge in [0.2, 0.25) is 5.91 Å². The fourth-order valence-electron chi connectivity index (χ4n) is 2.64. The Bertz CT molecular complexity index is 771. The molecule has 23 heavy (non-hydrogen) atoms. The Morgan fingerprint density at radius 1 is 1.30 bits per heavy atom. The molecule has 0 aliphatic carbocycles. The van der Waals surface area contributed by atoms with E-state index >= 15 is 0 Å². The molecular formula is C17H15ClN4O. The van der Waals surface area contributed by atoms with Gasteiger partial charge in [0, 0.05) is 24.5 Å². The van der Waals surface area contributed by atoms with Crippen LogP contribution < -0.4 is 5.32 Å². The van der Waals surface area contributed by atoms with Crippen molar-refractivity contribution in [2.75, 3.05) is 11.9 Å². The Balaban J connectivity index is 1.65. The summed E-state index contributed by atoms with van der Waals surface area (Å²) in [5, 5.41) is 12.8. The number of nitriles is 1. The number of likely N-dealkylation sites (tertiary alicyclic amines) is 1. The summed E-state index contributed by atoms with van der Waals surface area (Å²) >= 11 is 6.16. The molecule has 1 aliphatic heterocycles. The molecule has 2 aromatic rings. The van der Waals surface area contributed by atoms with E-state index in [1.807, 2.05) is 30.3 Å². The van der Waals surface area contributed by atoms with E-state index in [1.54, 1.807) is 23.1 Å². The first kappa shape index (κ1) is 15.3. The molecule has 0 bridgehead atoms. The van der Waals surface area contributed by atoms with E-state index in [9.17, 15) is 4.79 Å². The lowest BCUT2D eigenvalue weighted by Gasteiger charge is -2.18. The van der Waals surface area contributed by atoms with E-state index < -0.39 is 0 Å². The van der Waals surface area contributed by atoms with Gasteiger partial charge < -0.3 is 10.2 Å². The molecule has 0 saturated carbocycles. The second-order valence-electron chi connectivity index (χ2n) is 5.43. The van der Waals surface area contributed by atoms with Crippen LogP contribution >= 0.6 is 11.6 Å². The number of aromatic nitrogens is 1. The molecular weight excluding hydrogens is 312 g/mol. The molecule has 1 aliphatic rings. The predicted octanol–water partition coefficient (Wildman–Crippen LogP) is 2.82. The average Bonchev–Trinajstić information content (AvgIpc) is 2.89. The van der Waals surface area contributed by atoms with Crippen molar-refractivity contribution >= 4 is 23.3 Å². The smallest absolute Gasteiger partial charge is 0.225 e. The normalized spacial score (nSPS) is 17.1. The maximum absolute atomic E-state index is 12.2. The summed E-state index contributed by atoms with van der Waals surface area (Å²) in [6.45, 7) is 1.09. The minimum atomic E-state index is -0.0218. The number of anilines is 1. The third kappa shape index (κ3) is 3.61. The van der Waals surface area contributed by atoms with E-state index in [0.717, 1.165) is 5.56 Å². The minimum absolute atomic E-state index is 0.0218. The SMILES string of the molecule is N#Cc1cccc(N[C@@H]2CC(=O)N(Cc3ccccc3Cl)C2)n1. The number of amides is 1. The maximum Gasteiger partial charge on any atom is 0.225 e. The Morgan fingerprint density at radius 3 is 2.91 bits per heavy atom. The quantitative estimate of drug-likeness (QED) is 0.938. The van der Waals surface area contributed by atoms with Crippen LogP contribution in [0.25, 0.3) is 0 Å². The third-order valence-electron chi connectivity index (χ3n) is 3.75. The zero-order valence-electron chi connectivity index (χ0n) is 12.4. The molecule has 3 rings (SSSR count). The number of carbonyl (C=O) groups excluding carboxylic acids is 1. The molecule has 1 saturated heterocycles. The molecule has 6 heteroatoms. The topological polar surface area (TPSA) is 69.0 Å². The van der Waals surface area contributed by atoms with E-state index in [4.69, 9.17) is 16.9 Å². The van der Waals surface area contributed by atoms with Crippen LogP contribution in [-0.4, -0.2) is 28.4 Å². The van der Waals surface area contributed by atoms with E-state index in [0.29, 0.717) is 36.0 Å². The Labute approximate surface area is 139 Å². The second-order valence-corrected chi connectivity index (χ2v) is 5.84. The molecule has 1 N–H and O–H groups in total. The first-order valence-corrected chi connectivity index (χ1v) is 7.68. The first-order valence-electron chi connectivity index (χ1n) is 7.30. The fourth-order valence-corrected chi connectivity index (χ4v) is 2.84. The minimum Gasteiger partial charge on any atom is -0.365 e. The number of benzene rings is 1. The number of nitrogens with zero attached hydrogens (tertiary/aromatic N) is 3. The summed E-state index contributed by atoms with van der Waals surface area (Å²) in [7, 11) is 0. The van der Waals surface area contributed by atoms with Crippen molar-refractivity contribution in [3.63, 3.8) is 0 Å². The molecule has 1 atom stereocenters. The number of carbonyl (C=O) groups is 1. The Hall–Kier alpha value is -2.58. The highest BCUT2D eigenvalue weighted by Gasteiger charge is 2.30. The van der Waals surface area contributed by atoms with Crippen LogP contribution in [0, 0.1) is 11.3 Å². The van der Waals surface area contributed by atoms with Crippen molar-refractivity contribution in [2.24, 2.45) is 0 Å². The number of nitrogens with one attached hydrogen (secondary N) is 1. The molecule has 0 unspecified atom stereocenters. The zero-order chi connectivity index (χ0) is 16.2. The third-order valence-corrected chi connectivity index (χ3v) is 4.12. The van der Waals surface area contributed by atoms with Crippen molar-refractivity contribution in [2.45, 2.75) is 19.0 Å². The number of rotatable bonds is 4. The van der Waals surface area contributed by atoms with E-state index in [2.05, 4.69) is 10.3 Å². The van der Waals surface area contributed by atoms with Crippen LogP contribution in [0.1, 0.15) is 17.7 Å². The van der Waals surface area contributed by atoms with Gasteiger partial charge in [0.15, 0.2) is 0 Å². The van der Waals surface area contributed by atoms with Gasteiger partial charge in [-0.3, -0.25) is 4.79 Å². The van der Waals surface area contributed by atoms with Gasteiger partial charge in [-0.05, 0) is 23.8 Å². The van der Waals surface area contributed by atoms with Crippen molar-refractivity contribution in [1.82, 2.24) is 9.88 Å². The lowest BCUT2D eigenvalue weighted by Crippen LogP contribution is -2.27. The highest BCUT2D eigenvalue weighted by Crippen LogP contribution is 2.22. The molecule has 0 radical (unpaired) electrons. The van der Waals surface area contributed by atoms with Gasteiger partial charge >= 0.3 is 0 Å². The summed E-state index contributed by atoms with van der Waals surface area (Å²) in [6.07, 6.45) is 0.406. The van der Waals surface area contributed by atoms with Gasteiger partial charge in [0.05, 0.1) is 6.04 Å². The molecule has 1 amide bonds. The summed E-state index contributed by atoms with van der Waals surface area (Å²) in [5.74, 6) is 0.695. The molecule has 1 aromatic heterocycles. The Morgan fingerprint density at radius 2 is 2.13 bits per heavy atom. The van der Waals surface area contributed by atoms with Crippen molar-refractivity contribution < 1.29 is 4.79 Å². The van der Waals surface area contributed by atoms with Crippen LogP contribution in [0.5, 0.6) is 0 Å². The van der Waals surface area contributed by atoms with Crippen molar-refractivity contribution in [3.05, 3.63) is 58.7 Å². The largest absolute Gasteiger partial charge is 0.365 e. The molecule has 1 fully saturated rings. The van der Waals surface area contributed by atoms with Gasteiger partial charge in [-0.25, -0.2) is 4.98 Å². The summed E-state index contributed by atoms with van der Waals surface area (Å²) in [4.78, 5) is 18.1.